The van der Waals surface area contributed by atoms with Gasteiger partial charge in [-0.2, -0.15) is 11.8 Å². The molecule has 0 radical (unpaired) electrons. The van der Waals surface area contributed by atoms with Crippen molar-refractivity contribution in [1.82, 2.24) is 31.2 Å². The van der Waals surface area contributed by atoms with Gasteiger partial charge in [-0.3, -0.25) is 28.8 Å². The number of phenolic OH excluding ortho intramolecular Hbond substituents is 3. The number of aromatic amines is 1. The van der Waals surface area contributed by atoms with Crippen LogP contribution < -0.4 is 32.7 Å². The van der Waals surface area contributed by atoms with Gasteiger partial charge in [0, 0.05) is 49.3 Å². The molecule has 1 fully saturated rings. The molecule has 2 heterocycles. The van der Waals surface area contributed by atoms with E-state index >= 15 is 0 Å². The SMILES string of the molecule is CSCC[C@H](N)C(=O)N[C@@H](Cc1ccc(O)cc1)C(=O)N[C@@H](Cc1c[nH]c2ccccc12)C(=O)N[C@@H](Cc1ccc(O)cc1)C(=O)N1CCC[C@H]1C(=O)N[C@@H](Cc1ccc(O)cc1)C(N)=O. The van der Waals surface area contributed by atoms with Crippen LogP contribution in [0.3, 0.4) is 0 Å². The van der Waals surface area contributed by atoms with Crippen LogP contribution in [0, 0.1) is 0 Å². The predicted octanol–water partition coefficient (Wildman–Crippen LogP) is 2.05. The third-order valence-electron chi connectivity index (χ3n) is 11.6. The number of primary amides is 1. The predicted molar refractivity (Wildman–Crippen MR) is 250 cm³/mol. The highest BCUT2D eigenvalue weighted by molar-refractivity contribution is 7.98. The summed E-state index contributed by atoms with van der Waals surface area (Å²) >= 11 is 1.52. The van der Waals surface area contributed by atoms with Crippen LogP contribution in [0.1, 0.15) is 41.5 Å². The van der Waals surface area contributed by atoms with Crippen molar-refractivity contribution in [2.24, 2.45) is 11.5 Å². The lowest BCUT2D eigenvalue weighted by Crippen LogP contribution is -2.60. The second kappa shape index (κ2) is 22.7. The minimum atomic E-state index is -1.31. The standard InChI is InChI=1S/C48H56N8O9S/c1-66-22-20-36(49)44(61)53-39(24-29-10-16-33(58)17-11-29)45(62)54-40(26-31-27-51-37-6-3-2-5-35(31)37)46(63)55-41(25-30-12-18-34(59)19-13-30)48(65)56-21-4-7-42(56)47(64)52-38(43(50)60)23-28-8-14-32(57)15-9-28/h2-3,5-6,8-19,27,36,38-42,51,57-59H,4,7,20-26,49H2,1H3,(H2,50,60)(H,52,64)(H,53,61)(H,54,62)(H,55,63)/t36-,38-,39-,40-,41-,42-/m0/s1. The number of para-hydroxylation sites is 1. The summed E-state index contributed by atoms with van der Waals surface area (Å²) in [6.07, 6.45) is 4.58. The molecule has 4 aromatic carbocycles. The van der Waals surface area contributed by atoms with Gasteiger partial charge in [-0.15, -0.1) is 0 Å². The van der Waals surface area contributed by atoms with E-state index in [9.17, 15) is 44.1 Å². The number of likely N-dealkylation sites (tertiary alicyclic amines) is 1. The first-order chi connectivity index (χ1) is 31.7. The summed E-state index contributed by atoms with van der Waals surface area (Å²) in [6.45, 7) is 0.158. The molecule has 6 rings (SSSR count). The number of carbonyl (C=O) groups is 6. The molecule has 1 aliphatic heterocycles. The monoisotopic (exact) mass is 920 g/mol. The molecule has 66 heavy (non-hydrogen) atoms. The number of carbonyl (C=O) groups excluding carboxylic acids is 6. The van der Waals surface area contributed by atoms with E-state index in [0.717, 1.165) is 10.9 Å². The van der Waals surface area contributed by atoms with Crippen molar-refractivity contribution in [2.45, 2.75) is 81.2 Å². The van der Waals surface area contributed by atoms with Crippen molar-refractivity contribution in [3.63, 3.8) is 0 Å². The van der Waals surface area contributed by atoms with Crippen molar-refractivity contribution in [3.05, 3.63) is 126 Å². The quantitative estimate of drug-likeness (QED) is 0.0509. The Morgan fingerprint density at radius 2 is 1.18 bits per heavy atom. The molecule has 6 amide bonds. The Labute approximate surface area is 386 Å². The number of benzene rings is 4. The highest BCUT2D eigenvalue weighted by Gasteiger charge is 2.40. The average Bonchev–Trinajstić information content (AvgIpc) is 3.97. The number of nitrogens with zero attached hydrogens (tertiary/aromatic N) is 1. The van der Waals surface area contributed by atoms with E-state index in [2.05, 4.69) is 26.3 Å². The summed E-state index contributed by atoms with van der Waals surface area (Å²) in [4.78, 5) is 88.3. The first-order valence-electron chi connectivity index (χ1n) is 21.6. The maximum Gasteiger partial charge on any atom is 0.246 e. The van der Waals surface area contributed by atoms with Crippen molar-refractivity contribution < 1.29 is 44.1 Å². The van der Waals surface area contributed by atoms with E-state index < -0.39 is 71.7 Å². The van der Waals surface area contributed by atoms with Gasteiger partial charge in [0.1, 0.15) is 47.5 Å². The number of aromatic nitrogens is 1. The number of rotatable bonds is 21. The van der Waals surface area contributed by atoms with Gasteiger partial charge in [-0.1, -0.05) is 54.6 Å². The van der Waals surface area contributed by atoms with Crippen LogP contribution in [0.4, 0.5) is 0 Å². The highest BCUT2D eigenvalue weighted by atomic mass is 32.2. The van der Waals surface area contributed by atoms with E-state index in [1.807, 2.05) is 30.5 Å². The Morgan fingerprint density at radius 1 is 0.682 bits per heavy atom. The lowest BCUT2D eigenvalue weighted by Gasteiger charge is -2.31. The first-order valence-corrected chi connectivity index (χ1v) is 23.0. The molecule has 1 saturated heterocycles. The number of nitrogens with one attached hydrogen (secondary N) is 5. The largest absolute Gasteiger partial charge is 0.508 e. The fraction of sp³-hybridized carbons (Fsp3) is 0.333. The van der Waals surface area contributed by atoms with Crippen LogP contribution in [0.5, 0.6) is 17.2 Å². The van der Waals surface area contributed by atoms with Crippen molar-refractivity contribution in [2.75, 3.05) is 18.6 Å². The zero-order valence-corrected chi connectivity index (χ0v) is 37.3. The zero-order chi connectivity index (χ0) is 47.3. The fourth-order valence-electron chi connectivity index (χ4n) is 7.94. The number of thioether (sulfide) groups is 1. The van der Waals surface area contributed by atoms with E-state index in [0.29, 0.717) is 40.8 Å². The highest BCUT2D eigenvalue weighted by Crippen LogP contribution is 2.23. The van der Waals surface area contributed by atoms with E-state index in [-0.39, 0.29) is 55.9 Å². The summed E-state index contributed by atoms with van der Waals surface area (Å²) in [5.41, 5.74) is 15.2. The summed E-state index contributed by atoms with van der Waals surface area (Å²) in [5.74, 6) is -3.38. The number of nitrogens with two attached hydrogens (primary N) is 2. The van der Waals surface area contributed by atoms with Crippen LogP contribution >= 0.6 is 11.8 Å². The Morgan fingerprint density at radius 3 is 1.74 bits per heavy atom. The van der Waals surface area contributed by atoms with Gasteiger partial charge in [0.2, 0.25) is 35.4 Å². The summed E-state index contributed by atoms with van der Waals surface area (Å²) in [5, 5.41) is 41.6. The number of hydrogen-bond donors (Lipinski definition) is 10. The molecule has 0 spiro atoms. The molecule has 5 aromatic rings. The lowest BCUT2D eigenvalue weighted by molar-refractivity contribution is -0.142. The number of fused-ring (bicyclic) bond motifs is 1. The van der Waals surface area contributed by atoms with Gasteiger partial charge in [0.15, 0.2) is 0 Å². The Kier molecular flexibility index (Phi) is 16.7. The van der Waals surface area contributed by atoms with Crippen LogP contribution in [0.2, 0.25) is 0 Å². The third-order valence-corrected chi connectivity index (χ3v) is 12.2. The molecule has 1 aromatic heterocycles. The molecule has 12 N–H and O–H groups in total. The average molecular weight is 921 g/mol. The van der Waals surface area contributed by atoms with Gasteiger partial charge >= 0.3 is 0 Å². The number of amides is 6. The van der Waals surface area contributed by atoms with Gasteiger partial charge in [0.05, 0.1) is 6.04 Å². The second-order valence-corrected chi connectivity index (χ2v) is 17.4. The number of phenols is 3. The van der Waals surface area contributed by atoms with Crippen molar-refractivity contribution >= 4 is 58.1 Å². The van der Waals surface area contributed by atoms with Crippen LogP contribution in [0.15, 0.2) is 103 Å². The molecule has 0 unspecified atom stereocenters. The van der Waals surface area contributed by atoms with Crippen molar-refractivity contribution in [3.8, 4) is 17.2 Å². The fourth-order valence-corrected chi connectivity index (χ4v) is 8.43. The van der Waals surface area contributed by atoms with Gasteiger partial charge < -0.3 is 57.9 Å². The maximum absolute atomic E-state index is 14.8. The van der Waals surface area contributed by atoms with Crippen LogP contribution in [0.25, 0.3) is 10.9 Å². The Balaban J connectivity index is 1.28. The molecular formula is C48H56N8O9S. The molecule has 348 valence electrons. The minimum Gasteiger partial charge on any atom is -0.508 e. The molecule has 17 nitrogen and oxygen atoms in total. The van der Waals surface area contributed by atoms with Gasteiger partial charge in [-0.05, 0) is 96.0 Å². The van der Waals surface area contributed by atoms with Crippen LogP contribution in [-0.4, -0.2) is 115 Å². The zero-order valence-electron chi connectivity index (χ0n) is 36.4. The molecular weight excluding hydrogens is 865 g/mol. The summed E-state index contributed by atoms with van der Waals surface area (Å²) in [7, 11) is 0. The lowest BCUT2D eigenvalue weighted by atomic mass is 10.00. The van der Waals surface area contributed by atoms with Gasteiger partial charge in [0.25, 0.3) is 0 Å². The summed E-state index contributed by atoms with van der Waals surface area (Å²) < 4.78 is 0. The Hall–Kier alpha value is -7.05. The normalized spacial score (nSPS) is 15.8. The van der Waals surface area contributed by atoms with E-state index in [1.54, 1.807) is 42.6 Å². The molecule has 0 saturated carbocycles. The molecule has 6 atom stereocenters. The molecule has 18 heteroatoms. The molecule has 0 bridgehead atoms. The number of aromatic hydroxyl groups is 3. The van der Waals surface area contributed by atoms with Crippen molar-refractivity contribution in [1.29, 1.82) is 0 Å². The van der Waals surface area contributed by atoms with E-state index in [4.69, 9.17) is 11.5 Å². The first kappa shape index (κ1) is 48.4. The summed E-state index contributed by atoms with van der Waals surface area (Å²) in [6, 6.07) is 18.9. The second-order valence-electron chi connectivity index (χ2n) is 16.4. The number of H-pyrrole nitrogens is 1. The van der Waals surface area contributed by atoms with Gasteiger partial charge in [-0.25, -0.2) is 0 Å². The molecule has 1 aliphatic rings. The third kappa shape index (κ3) is 13.0. The smallest absolute Gasteiger partial charge is 0.246 e. The van der Waals surface area contributed by atoms with Crippen LogP contribution in [-0.2, 0) is 54.5 Å². The number of hydrogen-bond acceptors (Lipinski definition) is 11. The molecule has 0 aliphatic carbocycles. The Bertz CT molecular complexity index is 2480. The van der Waals surface area contributed by atoms with E-state index in [1.165, 1.54) is 53.1 Å². The maximum atomic E-state index is 14.8. The minimum absolute atomic E-state index is 0.0103. The topological polar surface area (TPSA) is 282 Å².